The average Bonchev–Trinajstić information content (AvgIpc) is 2.17. The zero-order valence-corrected chi connectivity index (χ0v) is 8.20. The Bertz CT molecular complexity index is 325. The van der Waals surface area contributed by atoms with E-state index >= 15 is 0 Å². The fourth-order valence-corrected chi connectivity index (χ4v) is 1.24. The van der Waals surface area contributed by atoms with Crippen molar-refractivity contribution in [3.63, 3.8) is 0 Å². The molecule has 0 aliphatic carbocycles. The van der Waals surface area contributed by atoms with Gasteiger partial charge in [0, 0.05) is 19.3 Å². The van der Waals surface area contributed by atoms with Crippen LogP contribution in [0.5, 0.6) is 0 Å². The molecule has 0 fully saturated rings. The number of hydrogen-bond donors (Lipinski definition) is 1. The summed E-state index contributed by atoms with van der Waals surface area (Å²) in [6.45, 7) is 4.11. The number of rotatable bonds is 4. The molecule has 2 nitrogen and oxygen atoms in total. The minimum atomic E-state index is -0.331. The number of hydrogen-bond acceptors (Lipinski definition) is 2. The average molecular weight is 195 g/mol. The van der Waals surface area contributed by atoms with Gasteiger partial charge in [-0.1, -0.05) is 6.08 Å². The normalized spacial score (nSPS) is 9.93. The molecule has 0 bridgehead atoms. The monoisotopic (exact) mass is 195 g/mol. The second-order valence-electron chi connectivity index (χ2n) is 3.14. The highest BCUT2D eigenvalue weighted by Gasteiger charge is 2.03. The smallest absolute Gasteiger partial charge is 0.125 e. The van der Waals surface area contributed by atoms with Crippen molar-refractivity contribution < 1.29 is 9.50 Å². The summed E-state index contributed by atoms with van der Waals surface area (Å²) >= 11 is 0. The standard InChI is InChI=1S/C11H14FNO/c1-3-4-13(2)11-6-9(8-14)5-10(12)7-11/h3,5-7,14H,1,4,8H2,2H3. The summed E-state index contributed by atoms with van der Waals surface area (Å²) in [5.74, 6) is -0.331. The number of benzene rings is 1. The van der Waals surface area contributed by atoms with E-state index in [9.17, 15) is 4.39 Å². The lowest BCUT2D eigenvalue weighted by atomic mass is 10.2. The zero-order valence-electron chi connectivity index (χ0n) is 8.20. The summed E-state index contributed by atoms with van der Waals surface area (Å²) in [4.78, 5) is 1.86. The molecule has 1 aromatic rings. The molecule has 0 aliphatic rings. The second-order valence-corrected chi connectivity index (χ2v) is 3.14. The lowest BCUT2D eigenvalue weighted by Crippen LogP contribution is -2.16. The maximum absolute atomic E-state index is 13.1. The molecular formula is C11H14FNO. The van der Waals surface area contributed by atoms with Gasteiger partial charge in [0.05, 0.1) is 6.61 Å². The summed E-state index contributed by atoms with van der Waals surface area (Å²) in [5.41, 5.74) is 1.32. The van der Waals surface area contributed by atoms with Crippen LogP contribution in [0.3, 0.4) is 0 Å². The highest BCUT2D eigenvalue weighted by atomic mass is 19.1. The van der Waals surface area contributed by atoms with E-state index < -0.39 is 0 Å². The Hall–Kier alpha value is -1.35. The van der Waals surface area contributed by atoms with Crippen LogP contribution < -0.4 is 4.90 Å². The summed E-state index contributed by atoms with van der Waals surface area (Å²) < 4.78 is 13.1. The van der Waals surface area contributed by atoms with Gasteiger partial charge in [-0.25, -0.2) is 4.39 Å². The van der Waals surface area contributed by atoms with E-state index in [2.05, 4.69) is 6.58 Å². The number of likely N-dealkylation sites (N-methyl/N-ethyl adjacent to an activating group) is 1. The van der Waals surface area contributed by atoms with Gasteiger partial charge in [0.1, 0.15) is 5.82 Å². The lowest BCUT2D eigenvalue weighted by Gasteiger charge is -2.17. The maximum Gasteiger partial charge on any atom is 0.125 e. The van der Waals surface area contributed by atoms with E-state index in [1.165, 1.54) is 12.1 Å². The molecule has 0 radical (unpaired) electrons. The first kappa shape index (κ1) is 10.7. The lowest BCUT2D eigenvalue weighted by molar-refractivity contribution is 0.281. The molecule has 1 rings (SSSR count). The number of aliphatic hydroxyl groups is 1. The van der Waals surface area contributed by atoms with Crippen LogP contribution in [0.25, 0.3) is 0 Å². The third kappa shape index (κ3) is 2.57. The van der Waals surface area contributed by atoms with Gasteiger partial charge in [-0.2, -0.15) is 0 Å². The molecule has 0 saturated carbocycles. The topological polar surface area (TPSA) is 23.5 Å². The number of aliphatic hydroxyl groups excluding tert-OH is 1. The van der Waals surface area contributed by atoms with Gasteiger partial charge in [-0.05, 0) is 23.8 Å². The van der Waals surface area contributed by atoms with Gasteiger partial charge in [-0.3, -0.25) is 0 Å². The highest BCUT2D eigenvalue weighted by molar-refractivity contribution is 5.48. The van der Waals surface area contributed by atoms with Crippen LogP contribution in [-0.2, 0) is 6.61 Å². The van der Waals surface area contributed by atoms with Gasteiger partial charge in [-0.15, -0.1) is 6.58 Å². The van der Waals surface area contributed by atoms with Gasteiger partial charge in [0.15, 0.2) is 0 Å². The van der Waals surface area contributed by atoms with Crippen LogP contribution in [0.4, 0.5) is 10.1 Å². The molecule has 0 spiro atoms. The predicted octanol–water partition coefficient (Wildman–Crippen LogP) is 1.94. The Balaban J connectivity index is 2.96. The molecular weight excluding hydrogens is 181 g/mol. The molecule has 0 heterocycles. The van der Waals surface area contributed by atoms with E-state index in [0.717, 1.165) is 5.69 Å². The van der Waals surface area contributed by atoms with Crippen molar-refractivity contribution >= 4 is 5.69 Å². The molecule has 0 unspecified atom stereocenters. The second kappa shape index (κ2) is 4.77. The Kier molecular flexibility index (Phi) is 3.65. The van der Waals surface area contributed by atoms with Gasteiger partial charge in [0.25, 0.3) is 0 Å². The third-order valence-corrected chi connectivity index (χ3v) is 1.97. The summed E-state index contributed by atoms with van der Waals surface area (Å²) in [6.07, 6.45) is 1.74. The predicted molar refractivity (Wildman–Crippen MR) is 55.8 cm³/mol. The molecule has 0 amide bonds. The quantitative estimate of drug-likeness (QED) is 0.742. The van der Waals surface area contributed by atoms with E-state index in [-0.39, 0.29) is 12.4 Å². The van der Waals surface area contributed by atoms with Crippen LogP contribution in [0.15, 0.2) is 30.9 Å². The van der Waals surface area contributed by atoms with Crippen molar-refractivity contribution in [1.29, 1.82) is 0 Å². The Morgan fingerprint density at radius 3 is 2.79 bits per heavy atom. The van der Waals surface area contributed by atoms with Gasteiger partial charge >= 0.3 is 0 Å². The fourth-order valence-electron chi connectivity index (χ4n) is 1.24. The first-order chi connectivity index (χ1) is 6.67. The molecule has 0 saturated heterocycles. The fraction of sp³-hybridized carbons (Fsp3) is 0.273. The van der Waals surface area contributed by atoms with E-state index in [1.807, 2.05) is 11.9 Å². The van der Waals surface area contributed by atoms with Gasteiger partial charge in [0.2, 0.25) is 0 Å². The van der Waals surface area contributed by atoms with Crippen molar-refractivity contribution in [3.05, 3.63) is 42.2 Å². The van der Waals surface area contributed by atoms with Crippen LogP contribution in [-0.4, -0.2) is 18.7 Å². The molecule has 0 aromatic heterocycles. The van der Waals surface area contributed by atoms with E-state index in [0.29, 0.717) is 12.1 Å². The van der Waals surface area contributed by atoms with Crippen LogP contribution >= 0.6 is 0 Å². The van der Waals surface area contributed by atoms with E-state index in [4.69, 9.17) is 5.11 Å². The maximum atomic E-state index is 13.1. The van der Waals surface area contributed by atoms with Crippen molar-refractivity contribution in [3.8, 4) is 0 Å². The summed E-state index contributed by atoms with van der Waals surface area (Å²) in [5, 5.41) is 8.89. The van der Waals surface area contributed by atoms with Crippen molar-refractivity contribution in [2.75, 3.05) is 18.5 Å². The number of anilines is 1. The molecule has 1 N–H and O–H groups in total. The number of nitrogens with zero attached hydrogens (tertiary/aromatic N) is 1. The Morgan fingerprint density at radius 1 is 1.50 bits per heavy atom. The molecule has 14 heavy (non-hydrogen) atoms. The van der Waals surface area contributed by atoms with Crippen LogP contribution in [0.1, 0.15) is 5.56 Å². The Labute approximate surface area is 83.3 Å². The van der Waals surface area contributed by atoms with Crippen LogP contribution in [0.2, 0.25) is 0 Å². The van der Waals surface area contributed by atoms with Crippen molar-refractivity contribution in [2.45, 2.75) is 6.61 Å². The van der Waals surface area contributed by atoms with E-state index in [1.54, 1.807) is 12.1 Å². The van der Waals surface area contributed by atoms with Gasteiger partial charge < -0.3 is 10.0 Å². The van der Waals surface area contributed by atoms with Crippen molar-refractivity contribution in [1.82, 2.24) is 0 Å². The summed E-state index contributed by atoms with van der Waals surface area (Å²) in [6, 6.07) is 4.51. The van der Waals surface area contributed by atoms with Crippen molar-refractivity contribution in [2.24, 2.45) is 0 Å². The SMILES string of the molecule is C=CCN(C)c1cc(F)cc(CO)c1. The number of halogens is 1. The molecule has 0 atom stereocenters. The zero-order chi connectivity index (χ0) is 10.6. The van der Waals surface area contributed by atoms with Crippen LogP contribution in [0, 0.1) is 5.82 Å². The third-order valence-electron chi connectivity index (χ3n) is 1.97. The highest BCUT2D eigenvalue weighted by Crippen LogP contribution is 2.17. The Morgan fingerprint density at radius 2 is 2.21 bits per heavy atom. The molecule has 1 aromatic carbocycles. The summed E-state index contributed by atoms with van der Waals surface area (Å²) in [7, 11) is 1.84. The minimum absolute atomic E-state index is 0.146. The molecule has 0 aliphatic heterocycles. The first-order valence-electron chi connectivity index (χ1n) is 4.39. The minimum Gasteiger partial charge on any atom is -0.392 e. The molecule has 3 heteroatoms. The molecule has 76 valence electrons. The first-order valence-corrected chi connectivity index (χ1v) is 4.39. The largest absolute Gasteiger partial charge is 0.392 e.